The molecule has 2 aliphatic rings. The Labute approximate surface area is 502 Å². The maximum Gasteiger partial charge on any atom is 0.410 e. The summed E-state index contributed by atoms with van der Waals surface area (Å²) >= 11 is 4.97. The van der Waals surface area contributed by atoms with Crippen molar-refractivity contribution in [1.82, 2.24) is 9.80 Å². The molecule has 1 amide bonds. The number of likely N-dealkylation sites (tertiary alicyclic amines) is 2. The molecule has 86 heavy (non-hydrogen) atoms. The van der Waals surface area contributed by atoms with E-state index in [4.69, 9.17) is 25.8 Å². The Balaban J connectivity index is 0.000000175. The Hall–Kier alpha value is -9.21. The Morgan fingerprint density at radius 1 is 0.500 bits per heavy atom. The monoisotopic (exact) mass is 1220 g/mol. The smallest absolute Gasteiger partial charge is 0.410 e. The van der Waals surface area contributed by atoms with Gasteiger partial charge >= 0.3 is 11.5 Å². The van der Waals surface area contributed by atoms with Crippen LogP contribution >= 0.6 is 11.6 Å². The molecule has 11 rings (SSSR count). The topological polar surface area (TPSA) is 232 Å². The van der Waals surface area contributed by atoms with E-state index in [1.165, 1.54) is 42.0 Å². The zero-order valence-electron chi connectivity index (χ0n) is 46.3. The fourth-order valence-electron chi connectivity index (χ4n) is 10.1. The number of nitro groups is 2. The van der Waals surface area contributed by atoms with Crippen LogP contribution in [0, 0.1) is 20.2 Å². The highest BCUT2D eigenvalue weighted by atomic mass is 35.5. The minimum atomic E-state index is -3.92. The van der Waals surface area contributed by atoms with E-state index in [0.717, 1.165) is 48.0 Å². The van der Waals surface area contributed by atoms with E-state index in [1.54, 1.807) is 53.4 Å². The number of halogens is 1. The lowest BCUT2D eigenvalue weighted by molar-refractivity contribution is -0.385. The predicted octanol–water partition coefficient (Wildman–Crippen LogP) is 13.4. The molecule has 9 aromatic carbocycles. The molecule has 0 bridgehead atoms. The molecule has 442 valence electrons. The van der Waals surface area contributed by atoms with Gasteiger partial charge in [0.1, 0.15) is 36.9 Å². The summed E-state index contributed by atoms with van der Waals surface area (Å²) in [5.41, 5.74) is 1.89. The zero-order valence-corrected chi connectivity index (χ0v) is 48.7. The minimum Gasteiger partial charge on any atom is -0.489 e. The Morgan fingerprint density at radius 3 is 1.40 bits per heavy atom. The van der Waals surface area contributed by atoms with Crippen molar-refractivity contribution >= 4 is 75.7 Å². The van der Waals surface area contributed by atoms with Crippen LogP contribution in [0.4, 0.5) is 21.0 Å². The molecule has 0 aromatic heterocycles. The van der Waals surface area contributed by atoms with Gasteiger partial charge in [-0.2, -0.15) is 0 Å². The number of carbonyl (C=O) groups excluding carboxylic acids is 2. The van der Waals surface area contributed by atoms with E-state index < -0.39 is 52.5 Å². The summed E-state index contributed by atoms with van der Waals surface area (Å²) in [6.07, 6.45) is 0.487. The van der Waals surface area contributed by atoms with Gasteiger partial charge in [0.25, 0.3) is 11.4 Å². The average Bonchev–Trinajstić information content (AvgIpc) is 3.32. The summed E-state index contributed by atoms with van der Waals surface area (Å²) in [6, 6.07) is 61.8. The van der Waals surface area contributed by atoms with Crippen LogP contribution < -0.4 is 9.47 Å². The molecule has 2 aliphatic heterocycles. The first-order valence-corrected chi connectivity index (χ1v) is 31.0. The summed E-state index contributed by atoms with van der Waals surface area (Å²) in [6.45, 7) is 3.57. The number of carbonyl (C=O) groups is 2. The summed E-state index contributed by atoms with van der Waals surface area (Å²) in [7, 11) is -7.77. The molecule has 0 saturated carbocycles. The third kappa shape index (κ3) is 16.6. The summed E-state index contributed by atoms with van der Waals surface area (Å²) < 4.78 is 75.7. The van der Waals surface area contributed by atoms with Crippen LogP contribution in [-0.2, 0) is 60.4 Å². The lowest BCUT2D eigenvalue weighted by Gasteiger charge is -2.17. The molecule has 2 unspecified atom stereocenters. The first kappa shape index (κ1) is 61.4. The number of hydrogen-bond acceptors (Lipinski definition) is 15. The predicted molar refractivity (Wildman–Crippen MR) is 326 cm³/mol. The molecular weight excluding hydrogens is 1160 g/mol. The number of hydrogen-bond donors (Lipinski definition) is 0. The van der Waals surface area contributed by atoms with Crippen molar-refractivity contribution in [1.29, 1.82) is 0 Å². The van der Waals surface area contributed by atoms with Crippen molar-refractivity contribution in [2.75, 3.05) is 26.2 Å². The molecule has 9 aromatic rings. The molecular formula is C65H59ClN4O14S2. The van der Waals surface area contributed by atoms with Gasteiger partial charge in [0.05, 0.1) is 37.7 Å². The number of fused-ring (bicyclic) bond motifs is 2. The van der Waals surface area contributed by atoms with Crippen LogP contribution in [0.5, 0.6) is 11.5 Å². The van der Waals surface area contributed by atoms with Crippen molar-refractivity contribution < 1.29 is 55.2 Å². The van der Waals surface area contributed by atoms with Gasteiger partial charge in [-0.25, -0.2) is 26.4 Å². The standard InChI is InChI=1S/C29H26N2O7S.C28H26N2O5S.C8H7ClO2/c32-29(37-19-21-7-2-1-3-8-21)30-16-15-25(18-30)38-24-13-14-27(31(33)34)23(17-24)20-39(35,36)28-12-6-10-22-9-4-5-11-26(22)28;31-30(32)27-14-13-24(35-25-15-16-29(19-25)18-21-7-2-1-3-8-21)17-23(27)20-36(33,34)28-12-6-10-22-9-4-5-11-26(22)28;9-8(10)11-6-7-4-2-1-3-5-7/h1-14,17,25H,15-16,18-20H2;1-14,17,25H,15-16,18-20H2;1-5H,6H2. The highest BCUT2D eigenvalue weighted by molar-refractivity contribution is 7.91. The molecule has 0 aliphatic carbocycles. The number of rotatable bonds is 18. The molecule has 0 radical (unpaired) electrons. The first-order chi connectivity index (χ1) is 41.5. The van der Waals surface area contributed by atoms with Crippen LogP contribution in [0.1, 0.15) is 40.7 Å². The van der Waals surface area contributed by atoms with Crippen molar-refractivity contribution in [2.24, 2.45) is 0 Å². The van der Waals surface area contributed by atoms with Gasteiger partial charge in [-0.1, -0.05) is 164 Å². The molecule has 2 saturated heterocycles. The molecule has 0 N–H and O–H groups in total. The number of ether oxygens (including phenoxy) is 4. The van der Waals surface area contributed by atoms with Crippen LogP contribution in [0.15, 0.2) is 222 Å². The van der Waals surface area contributed by atoms with E-state index >= 15 is 0 Å². The van der Waals surface area contributed by atoms with Crippen molar-refractivity contribution in [2.45, 2.75) is 66.1 Å². The molecule has 18 nitrogen and oxygen atoms in total. The number of amides is 1. The normalized spacial score (nSPS) is 14.9. The van der Waals surface area contributed by atoms with Gasteiger partial charge in [-0.05, 0) is 70.3 Å². The van der Waals surface area contributed by atoms with E-state index in [0.29, 0.717) is 35.2 Å². The second kappa shape index (κ2) is 28.6. The third-order valence-corrected chi connectivity index (χ3v) is 17.8. The minimum absolute atomic E-state index is 0.0301. The van der Waals surface area contributed by atoms with E-state index in [-0.39, 0.29) is 64.3 Å². The van der Waals surface area contributed by atoms with Gasteiger partial charge in [-0.15, -0.1) is 0 Å². The highest BCUT2D eigenvalue weighted by Crippen LogP contribution is 2.34. The lowest BCUT2D eigenvalue weighted by Crippen LogP contribution is -2.31. The Kier molecular flexibility index (Phi) is 20.4. The highest BCUT2D eigenvalue weighted by Gasteiger charge is 2.31. The number of nitrogens with zero attached hydrogens (tertiary/aromatic N) is 4. The van der Waals surface area contributed by atoms with Crippen LogP contribution in [0.25, 0.3) is 21.5 Å². The Bertz CT molecular complexity index is 4080. The maximum absolute atomic E-state index is 13.4. The molecule has 2 atom stereocenters. The van der Waals surface area contributed by atoms with E-state index in [9.17, 15) is 46.7 Å². The van der Waals surface area contributed by atoms with Gasteiger partial charge in [0.15, 0.2) is 19.7 Å². The maximum atomic E-state index is 13.4. The van der Waals surface area contributed by atoms with Crippen LogP contribution in [-0.4, -0.2) is 86.4 Å². The molecule has 21 heteroatoms. The SMILES string of the molecule is O=C(Cl)OCc1ccccc1.O=C(OCc1ccccc1)N1CCC(Oc2ccc([N+](=O)[O-])c(CS(=O)(=O)c3cccc4ccccc34)c2)C1.O=[N+]([O-])c1ccc(OC2CCN(Cc3ccccc3)C2)cc1CS(=O)(=O)c1cccc2ccccc12. The fraction of sp³-hybridized carbons (Fsp3) is 0.200. The largest absolute Gasteiger partial charge is 0.489 e. The fourth-order valence-corrected chi connectivity index (χ4v) is 13.4. The first-order valence-electron chi connectivity index (χ1n) is 27.3. The van der Waals surface area contributed by atoms with Crippen molar-refractivity contribution in [3.05, 3.63) is 260 Å². The number of sulfone groups is 2. The summed E-state index contributed by atoms with van der Waals surface area (Å²) in [4.78, 5) is 49.0. The second-order valence-corrected chi connectivity index (χ2v) is 24.6. The van der Waals surface area contributed by atoms with Crippen LogP contribution in [0.2, 0.25) is 0 Å². The zero-order chi connectivity index (χ0) is 60.6. The van der Waals surface area contributed by atoms with Crippen molar-refractivity contribution in [3.8, 4) is 11.5 Å². The van der Waals surface area contributed by atoms with Crippen molar-refractivity contribution in [3.63, 3.8) is 0 Å². The quantitative estimate of drug-likeness (QED) is 0.0441. The second-order valence-electron chi connectivity index (χ2n) is 20.3. The lowest BCUT2D eigenvalue weighted by atomic mass is 10.1. The van der Waals surface area contributed by atoms with E-state index in [2.05, 4.69) is 21.8 Å². The molecule has 2 fully saturated rings. The van der Waals surface area contributed by atoms with Gasteiger partial charge in [-0.3, -0.25) is 25.1 Å². The van der Waals surface area contributed by atoms with Gasteiger partial charge in [0, 0.05) is 78.2 Å². The van der Waals surface area contributed by atoms with Gasteiger partial charge in [0.2, 0.25) is 0 Å². The molecule has 2 heterocycles. The van der Waals surface area contributed by atoms with Gasteiger partial charge < -0.3 is 23.8 Å². The number of benzene rings is 9. The van der Waals surface area contributed by atoms with E-state index in [1.807, 2.05) is 115 Å². The number of nitro benzene ring substituents is 2. The summed E-state index contributed by atoms with van der Waals surface area (Å²) in [5, 5.41) is 26.1. The summed E-state index contributed by atoms with van der Waals surface area (Å²) in [5.74, 6) is -0.306. The average molecular weight is 1220 g/mol. The van der Waals surface area contributed by atoms with Crippen LogP contribution in [0.3, 0.4) is 0 Å². The third-order valence-electron chi connectivity index (χ3n) is 14.2. The Morgan fingerprint density at radius 2 is 0.919 bits per heavy atom. The molecule has 0 spiro atoms.